The Morgan fingerprint density at radius 1 is 1.12 bits per heavy atom. The van der Waals surface area contributed by atoms with Crippen LogP contribution in [-0.2, 0) is 22.6 Å². The number of nitrogens with one attached hydrogen (secondary N) is 2. The maximum Gasteiger partial charge on any atom is 0.227 e. The largest absolute Gasteiger partial charge is 0.493 e. The minimum atomic E-state index is -0.383. The number of nitrogens with zero attached hydrogens (tertiary/aromatic N) is 4. The lowest BCUT2D eigenvalue weighted by Crippen LogP contribution is -2.43. The molecule has 0 aliphatic carbocycles. The minimum absolute atomic E-state index is 0.0575. The maximum absolute atomic E-state index is 13.7. The second kappa shape index (κ2) is 14.3. The van der Waals surface area contributed by atoms with Crippen molar-refractivity contribution in [2.75, 3.05) is 58.3 Å². The normalized spacial score (nSPS) is 19.2. The third kappa shape index (κ3) is 7.78. The smallest absolute Gasteiger partial charge is 0.227 e. The summed E-state index contributed by atoms with van der Waals surface area (Å²) < 4.78 is 25.4. The molecule has 2 N–H and O–H groups in total. The Hall–Kier alpha value is -4.25. The van der Waals surface area contributed by atoms with Gasteiger partial charge < -0.3 is 25.0 Å². The maximum atomic E-state index is 13.7. The molecule has 5 rings (SSSR count). The number of aromatic nitrogens is 2. The van der Waals surface area contributed by atoms with E-state index in [0.29, 0.717) is 62.3 Å². The number of likely N-dealkylation sites (tertiary alicyclic amines) is 1. The summed E-state index contributed by atoms with van der Waals surface area (Å²) in [6.45, 7) is 5.94. The van der Waals surface area contributed by atoms with Gasteiger partial charge in [0.2, 0.25) is 17.8 Å². The molecule has 1 aromatic heterocycles. The Balaban J connectivity index is 1.33. The molecule has 2 bridgehead atoms. The lowest BCUT2D eigenvalue weighted by Gasteiger charge is -2.24. The number of benzene rings is 2. The van der Waals surface area contributed by atoms with Gasteiger partial charge >= 0.3 is 0 Å². The summed E-state index contributed by atoms with van der Waals surface area (Å²) in [5.74, 6) is 0.791. The standard InChI is InChI=1S/C32H39FN6O4/c1-3-9-35-32-36-17-23(18-37-32)19-38-20-26-24-7-8-28(42-2)29(16-24)43-13-12-39(11-10-34-31(41)27(26)21-38)30(40)15-22-5-4-6-25(33)14-22/h4-8,14,16-18,26-27H,3,9-13,15,19-21H2,1-2H3,(H,34,41)(H,35,36,37)/t26-,27+/m1/s1. The molecule has 11 heteroatoms. The van der Waals surface area contributed by atoms with E-state index in [9.17, 15) is 14.0 Å². The van der Waals surface area contributed by atoms with Crippen molar-refractivity contribution < 1.29 is 23.5 Å². The number of halogens is 1. The van der Waals surface area contributed by atoms with Crippen molar-refractivity contribution in [1.29, 1.82) is 0 Å². The second-order valence-corrected chi connectivity index (χ2v) is 11.0. The highest BCUT2D eigenvalue weighted by Crippen LogP contribution is 2.38. The number of hydrogen-bond donors (Lipinski definition) is 2. The number of anilines is 1. The number of hydrogen-bond acceptors (Lipinski definition) is 8. The zero-order valence-corrected chi connectivity index (χ0v) is 24.7. The van der Waals surface area contributed by atoms with Crippen LogP contribution in [-0.4, -0.2) is 84.6 Å². The first-order chi connectivity index (χ1) is 20.9. The van der Waals surface area contributed by atoms with Crippen LogP contribution in [0, 0.1) is 11.7 Å². The van der Waals surface area contributed by atoms with Crippen LogP contribution in [0.25, 0.3) is 0 Å². The molecule has 2 amide bonds. The van der Waals surface area contributed by atoms with Gasteiger partial charge in [-0.1, -0.05) is 25.1 Å². The summed E-state index contributed by atoms with van der Waals surface area (Å²) in [6, 6.07) is 11.8. The van der Waals surface area contributed by atoms with Gasteiger partial charge in [0.25, 0.3) is 0 Å². The summed E-state index contributed by atoms with van der Waals surface area (Å²) in [4.78, 5) is 39.6. The molecule has 2 aromatic carbocycles. The van der Waals surface area contributed by atoms with Crippen molar-refractivity contribution in [3.05, 3.63) is 77.4 Å². The molecule has 3 heterocycles. The van der Waals surface area contributed by atoms with E-state index in [2.05, 4.69) is 32.4 Å². The van der Waals surface area contributed by atoms with Gasteiger partial charge in [-0.15, -0.1) is 0 Å². The molecular weight excluding hydrogens is 551 g/mol. The van der Waals surface area contributed by atoms with E-state index in [-0.39, 0.29) is 42.5 Å². The van der Waals surface area contributed by atoms with Gasteiger partial charge in [0.05, 0.1) is 26.0 Å². The first-order valence-corrected chi connectivity index (χ1v) is 14.8. The first kappa shape index (κ1) is 30.2. The van der Waals surface area contributed by atoms with E-state index >= 15 is 0 Å². The Bertz CT molecular complexity index is 1400. The minimum Gasteiger partial charge on any atom is -0.493 e. The van der Waals surface area contributed by atoms with Crippen molar-refractivity contribution in [3.8, 4) is 11.5 Å². The predicted octanol–water partition coefficient (Wildman–Crippen LogP) is 3.24. The van der Waals surface area contributed by atoms with Crippen molar-refractivity contribution >= 4 is 17.8 Å². The van der Waals surface area contributed by atoms with E-state index in [1.807, 2.05) is 30.6 Å². The zero-order valence-electron chi connectivity index (χ0n) is 24.7. The van der Waals surface area contributed by atoms with Crippen LogP contribution in [0.5, 0.6) is 11.5 Å². The predicted molar refractivity (Wildman–Crippen MR) is 161 cm³/mol. The Kier molecular flexibility index (Phi) is 10.0. The molecule has 0 spiro atoms. The van der Waals surface area contributed by atoms with Gasteiger partial charge in [0, 0.05) is 63.1 Å². The third-order valence-electron chi connectivity index (χ3n) is 7.89. The second-order valence-electron chi connectivity index (χ2n) is 11.0. The summed E-state index contributed by atoms with van der Waals surface area (Å²) in [7, 11) is 1.59. The van der Waals surface area contributed by atoms with Gasteiger partial charge in [-0.2, -0.15) is 0 Å². The Labute approximate surface area is 251 Å². The van der Waals surface area contributed by atoms with E-state index in [4.69, 9.17) is 9.47 Å². The zero-order chi connectivity index (χ0) is 30.2. The quantitative estimate of drug-likeness (QED) is 0.412. The molecule has 43 heavy (non-hydrogen) atoms. The molecule has 1 saturated heterocycles. The molecular formula is C32H39FN6O4. The van der Waals surface area contributed by atoms with E-state index in [1.54, 1.807) is 24.1 Å². The molecule has 1 fully saturated rings. The number of amides is 2. The number of carbonyl (C=O) groups is 2. The molecule has 2 aliphatic heterocycles. The monoisotopic (exact) mass is 590 g/mol. The van der Waals surface area contributed by atoms with E-state index in [1.165, 1.54) is 12.1 Å². The lowest BCUT2D eigenvalue weighted by atomic mass is 9.88. The number of fused-ring (bicyclic) bond motifs is 4. The van der Waals surface area contributed by atoms with Crippen molar-refractivity contribution in [3.63, 3.8) is 0 Å². The van der Waals surface area contributed by atoms with Crippen LogP contribution in [0.2, 0.25) is 0 Å². The molecule has 10 nitrogen and oxygen atoms in total. The molecule has 0 unspecified atom stereocenters. The Morgan fingerprint density at radius 3 is 2.70 bits per heavy atom. The fraction of sp³-hybridized carbons (Fsp3) is 0.438. The molecule has 0 radical (unpaired) electrons. The van der Waals surface area contributed by atoms with Crippen LogP contribution < -0.4 is 20.1 Å². The van der Waals surface area contributed by atoms with E-state index < -0.39 is 0 Å². The third-order valence-corrected chi connectivity index (χ3v) is 7.89. The van der Waals surface area contributed by atoms with Crippen LogP contribution in [0.1, 0.15) is 36.0 Å². The highest BCUT2D eigenvalue weighted by Gasteiger charge is 2.39. The fourth-order valence-electron chi connectivity index (χ4n) is 5.68. The summed E-state index contributed by atoms with van der Waals surface area (Å²) in [5, 5.41) is 6.26. The molecule has 2 aliphatic rings. The summed E-state index contributed by atoms with van der Waals surface area (Å²) >= 11 is 0. The number of methoxy groups -OCH3 is 1. The van der Waals surface area contributed by atoms with Crippen LogP contribution in [0.3, 0.4) is 0 Å². The highest BCUT2D eigenvalue weighted by molar-refractivity contribution is 5.81. The first-order valence-electron chi connectivity index (χ1n) is 14.8. The van der Waals surface area contributed by atoms with Crippen LogP contribution >= 0.6 is 0 Å². The molecule has 3 aromatic rings. The Morgan fingerprint density at radius 2 is 1.93 bits per heavy atom. The number of ether oxygens (including phenoxy) is 2. The number of rotatable bonds is 8. The summed E-state index contributed by atoms with van der Waals surface area (Å²) in [5.41, 5.74) is 2.56. The highest BCUT2D eigenvalue weighted by atomic mass is 19.1. The van der Waals surface area contributed by atoms with Gasteiger partial charge in [-0.3, -0.25) is 14.5 Å². The average Bonchev–Trinajstić information content (AvgIpc) is 3.43. The number of carbonyl (C=O) groups excluding carboxylic acids is 2. The van der Waals surface area contributed by atoms with E-state index in [0.717, 1.165) is 24.1 Å². The molecule has 2 atom stereocenters. The van der Waals surface area contributed by atoms with Crippen LogP contribution in [0.4, 0.5) is 10.3 Å². The van der Waals surface area contributed by atoms with Gasteiger partial charge in [0.1, 0.15) is 12.4 Å². The average molecular weight is 591 g/mol. The van der Waals surface area contributed by atoms with Gasteiger partial charge in [-0.25, -0.2) is 14.4 Å². The summed E-state index contributed by atoms with van der Waals surface area (Å²) in [6.07, 6.45) is 4.71. The molecule has 0 saturated carbocycles. The molecule has 228 valence electrons. The van der Waals surface area contributed by atoms with Crippen molar-refractivity contribution in [2.24, 2.45) is 5.92 Å². The topological polar surface area (TPSA) is 109 Å². The van der Waals surface area contributed by atoms with Gasteiger partial charge in [0.15, 0.2) is 11.5 Å². The van der Waals surface area contributed by atoms with Crippen LogP contribution in [0.15, 0.2) is 54.9 Å². The van der Waals surface area contributed by atoms with Crippen molar-refractivity contribution in [2.45, 2.75) is 32.2 Å². The van der Waals surface area contributed by atoms with Crippen molar-refractivity contribution in [1.82, 2.24) is 25.1 Å². The van der Waals surface area contributed by atoms with Gasteiger partial charge in [-0.05, 0) is 41.8 Å². The fourth-order valence-corrected chi connectivity index (χ4v) is 5.68. The SMILES string of the molecule is CCCNc1ncc(CN2C[C@@H]3C(=O)NCCN(C(=O)Cc4cccc(F)c4)CCOc4cc(ccc4OC)[C@H]3C2)cn1. The lowest BCUT2D eigenvalue weighted by molar-refractivity contribution is -0.131.